The van der Waals surface area contributed by atoms with E-state index in [1.165, 1.54) is 5.56 Å². The van der Waals surface area contributed by atoms with Crippen LogP contribution in [-0.2, 0) is 11.2 Å². The maximum absolute atomic E-state index is 13.2. The van der Waals surface area contributed by atoms with Crippen LogP contribution >= 0.6 is 0 Å². The van der Waals surface area contributed by atoms with Gasteiger partial charge in [0.15, 0.2) is 0 Å². The molecule has 0 spiro atoms. The lowest BCUT2D eigenvalue weighted by molar-refractivity contribution is -0.0654. The monoisotopic (exact) mass is 396 g/mol. The van der Waals surface area contributed by atoms with E-state index in [4.69, 9.17) is 9.47 Å². The summed E-state index contributed by atoms with van der Waals surface area (Å²) in [5, 5.41) is 0. The molecule has 1 saturated heterocycles. The van der Waals surface area contributed by atoms with E-state index in [1.54, 1.807) is 7.11 Å². The number of rotatable bonds is 8. The van der Waals surface area contributed by atoms with Gasteiger partial charge in [-0.05, 0) is 44.6 Å². The first kappa shape index (κ1) is 21.3. The predicted molar refractivity (Wildman–Crippen MR) is 116 cm³/mol. The standard InChI is InChI=1S/C24H32N2O3/c1-25(2)19-24(28-3)14-16-26(17-15-24)23(27)21-11-7-8-12-22(21)29-18-13-20-9-5-4-6-10-20/h4-12H,13-19H2,1-3H3. The van der Waals surface area contributed by atoms with Crippen molar-refractivity contribution in [2.75, 3.05) is 47.4 Å². The number of carbonyl (C=O) groups is 1. The molecule has 1 aliphatic heterocycles. The molecule has 0 aromatic heterocycles. The molecule has 29 heavy (non-hydrogen) atoms. The highest BCUT2D eigenvalue weighted by Gasteiger charge is 2.37. The number of nitrogens with zero attached hydrogens (tertiary/aromatic N) is 2. The third-order valence-corrected chi connectivity index (χ3v) is 5.61. The number of methoxy groups -OCH3 is 1. The number of amides is 1. The van der Waals surface area contributed by atoms with Gasteiger partial charge in [-0.15, -0.1) is 0 Å². The lowest BCUT2D eigenvalue weighted by Gasteiger charge is -2.42. The molecule has 0 N–H and O–H groups in total. The number of carbonyl (C=O) groups excluding carboxylic acids is 1. The number of benzene rings is 2. The van der Waals surface area contributed by atoms with Crippen molar-refractivity contribution >= 4 is 5.91 Å². The van der Waals surface area contributed by atoms with E-state index in [2.05, 4.69) is 31.1 Å². The Morgan fingerprint density at radius 2 is 1.69 bits per heavy atom. The molecule has 3 rings (SSSR count). The van der Waals surface area contributed by atoms with Gasteiger partial charge in [0.2, 0.25) is 0 Å². The van der Waals surface area contributed by atoms with Gasteiger partial charge in [0, 0.05) is 33.2 Å². The van der Waals surface area contributed by atoms with Crippen LogP contribution in [0.5, 0.6) is 5.75 Å². The van der Waals surface area contributed by atoms with Crippen molar-refractivity contribution in [3.63, 3.8) is 0 Å². The number of hydrogen-bond donors (Lipinski definition) is 0. The molecular weight excluding hydrogens is 364 g/mol. The minimum Gasteiger partial charge on any atom is -0.492 e. The lowest BCUT2D eigenvalue weighted by atomic mass is 9.90. The average Bonchev–Trinajstić information content (AvgIpc) is 2.74. The van der Waals surface area contributed by atoms with E-state index in [-0.39, 0.29) is 11.5 Å². The fraction of sp³-hybridized carbons (Fsp3) is 0.458. The predicted octanol–water partition coefficient (Wildman–Crippen LogP) is 3.49. The summed E-state index contributed by atoms with van der Waals surface area (Å²) in [7, 11) is 5.89. The summed E-state index contributed by atoms with van der Waals surface area (Å²) in [5.41, 5.74) is 1.69. The van der Waals surface area contributed by atoms with Gasteiger partial charge in [0.1, 0.15) is 5.75 Å². The molecule has 0 saturated carbocycles. The lowest BCUT2D eigenvalue weighted by Crippen LogP contribution is -2.52. The van der Waals surface area contributed by atoms with Crippen LogP contribution < -0.4 is 4.74 Å². The van der Waals surface area contributed by atoms with Crippen LogP contribution in [0.2, 0.25) is 0 Å². The van der Waals surface area contributed by atoms with Gasteiger partial charge >= 0.3 is 0 Å². The minimum atomic E-state index is -0.175. The zero-order valence-corrected chi connectivity index (χ0v) is 17.8. The summed E-state index contributed by atoms with van der Waals surface area (Å²) in [5.74, 6) is 0.695. The Morgan fingerprint density at radius 3 is 2.34 bits per heavy atom. The van der Waals surface area contributed by atoms with Gasteiger partial charge in [-0.2, -0.15) is 0 Å². The molecule has 0 atom stereocenters. The summed E-state index contributed by atoms with van der Waals surface area (Å²) in [6, 6.07) is 17.8. The van der Waals surface area contributed by atoms with Gasteiger partial charge in [-0.3, -0.25) is 4.79 Å². The molecule has 0 radical (unpaired) electrons. The normalized spacial score (nSPS) is 16.1. The molecule has 156 valence electrons. The number of ether oxygens (including phenoxy) is 2. The van der Waals surface area contributed by atoms with Crippen molar-refractivity contribution < 1.29 is 14.3 Å². The van der Waals surface area contributed by atoms with Gasteiger partial charge in [-0.25, -0.2) is 0 Å². The van der Waals surface area contributed by atoms with E-state index >= 15 is 0 Å². The van der Waals surface area contributed by atoms with Crippen molar-refractivity contribution in [2.45, 2.75) is 24.9 Å². The van der Waals surface area contributed by atoms with Crippen LogP contribution in [0, 0.1) is 0 Å². The Kier molecular flexibility index (Phi) is 7.29. The van der Waals surface area contributed by atoms with Gasteiger partial charge in [-0.1, -0.05) is 42.5 Å². The van der Waals surface area contributed by atoms with E-state index in [1.807, 2.05) is 47.4 Å². The summed E-state index contributed by atoms with van der Waals surface area (Å²) >= 11 is 0. The first-order valence-electron chi connectivity index (χ1n) is 10.3. The van der Waals surface area contributed by atoms with Crippen LogP contribution in [0.4, 0.5) is 0 Å². The van der Waals surface area contributed by atoms with Crippen molar-refractivity contribution in [1.82, 2.24) is 9.80 Å². The molecular formula is C24H32N2O3. The van der Waals surface area contributed by atoms with Crippen LogP contribution in [0.15, 0.2) is 54.6 Å². The minimum absolute atomic E-state index is 0.0369. The van der Waals surface area contributed by atoms with Crippen molar-refractivity contribution in [3.8, 4) is 5.75 Å². The second-order valence-electron chi connectivity index (χ2n) is 8.00. The molecule has 0 aliphatic carbocycles. The third-order valence-electron chi connectivity index (χ3n) is 5.61. The van der Waals surface area contributed by atoms with Crippen molar-refractivity contribution in [3.05, 3.63) is 65.7 Å². The topological polar surface area (TPSA) is 42.0 Å². The Balaban J connectivity index is 1.61. The van der Waals surface area contributed by atoms with Crippen LogP contribution in [0.1, 0.15) is 28.8 Å². The molecule has 1 heterocycles. The largest absolute Gasteiger partial charge is 0.492 e. The van der Waals surface area contributed by atoms with Gasteiger partial charge in [0.25, 0.3) is 5.91 Å². The molecule has 1 aliphatic rings. The van der Waals surface area contributed by atoms with Crippen LogP contribution in [-0.4, -0.2) is 68.8 Å². The van der Waals surface area contributed by atoms with Crippen LogP contribution in [0.25, 0.3) is 0 Å². The smallest absolute Gasteiger partial charge is 0.257 e. The molecule has 5 heteroatoms. The third kappa shape index (κ3) is 5.58. The summed E-state index contributed by atoms with van der Waals surface area (Å²) in [6.45, 7) is 2.80. The summed E-state index contributed by atoms with van der Waals surface area (Å²) in [6.07, 6.45) is 2.49. The quantitative estimate of drug-likeness (QED) is 0.685. The number of piperidine rings is 1. The van der Waals surface area contributed by atoms with Crippen molar-refractivity contribution in [1.29, 1.82) is 0 Å². The number of likely N-dealkylation sites (N-methyl/N-ethyl adjacent to an activating group) is 1. The molecule has 0 bridgehead atoms. The first-order chi connectivity index (χ1) is 14.0. The average molecular weight is 397 g/mol. The van der Waals surface area contributed by atoms with E-state index in [0.717, 1.165) is 25.8 Å². The van der Waals surface area contributed by atoms with E-state index in [0.29, 0.717) is 31.0 Å². The second-order valence-corrected chi connectivity index (χ2v) is 8.00. The Morgan fingerprint density at radius 1 is 1.03 bits per heavy atom. The number of hydrogen-bond acceptors (Lipinski definition) is 4. The highest BCUT2D eigenvalue weighted by molar-refractivity contribution is 5.97. The van der Waals surface area contributed by atoms with Gasteiger partial charge < -0.3 is 19.3 Å². The molecule has 2 aromatic carbocycles. The number of likely N-dealkylation sites (tertiary alicyclic amines) is 1. The van der Waals surface area contributed by atoms with Gasteiger partial charge in [0.05, 0.1) is 17.8 Å². The summed E-state index contributed by atoms with van der Waals surface area (Å²) in [4.78, 5) is 17.2. The first-order valence-corrected chi connectivity index (χ1v) is 10.3. The molecule has 2 aromatic rings. The molecule has 1 fully saturated rings. The zero-order valence-electron chi connectivity index (χ0n) is 17.8. The Labute approximate surface area is 174 Å². The Bertz CT molecular complexity index is 784. The zero-order chi connectivity index (χ0) is 20.7. The molecule has 5 nitrogen and oxygen atoms in total. The second kappa shape index (κ2) is 9.90. The number of para-hydroxylation sites is 1. The maximum Gasteiger partial charge on any atom is 0.257 e. The van der Waals surface area contributed by atoms with E-state index < -0.39 is 0 Å². The fourth-order valence-electron chi connectivity index (χ4n) is 3.98. The fourth-order valence-corrected chi connectivity index (χ4v) is 3.98. The molecule has 0 unspecified atom stereocenters. The Hall–Kier alpha value is -2.37. The van der Waals surface area contributed by atoms with Crippen molar-refractivity contribution in [2.24, 2.45) is 0 Å². The molecule has 1 amide bonds. The SMILES string of the molecule is COC1(CN(C)C)CCN(C(=O)c2ccccc2OCCc2ccccc2)CC1. The highest BCUT2D eigenvalue weighted by Crippen LogP contribution is 2.29. The highest BCUT2D eigenvalue weighted by atomic mass is 16.5. The summed E-state index contributed by atoms with van der Waals surface area (Å²) < 4.78 is 11.8. The van der Waals surface area contributed by atoms with Crippen LogP contribution in [0.3, 0.4) is 0 Å². The van der Waals surface area contributed by atoms with E-state index in [9.17, 15) is 4.79 Å². The maximum atomic E-state index is 13.2.